The molecule has 0 saturated heterocycles. The van der Waals surface area contributed by atoms with Gasteiger partial charge in [0.05, 0.1) is 10.6 Å². The van der Waals surface area contributed by atoms with Gasteiger partial charge >= 0.3 is 12.0 Å². The zero-order valence-corrected chi connectivity index (χ0v) is 15.9. The van der Waals surface area contributed by atoms with Gasteiger partial charge in [0.25, 0.3) is 5.91 Å². The first-order valence-electron chi connectivity index (χ1n) is 8.52. The second-order valence-corrected chi connectivity index (χ2v) is 6.57. The molecule has 144 valence electrons. The highest BCUT2D eigenvalue weighted by molar-refractivity contribution is 7.13. The van der Waals surface area contributed by atoms with Gasteiger partial charge in [-0.15, -0.1) is 11.3 Å². The number of amides is 3. The fraction of sp³-hybridized carbons (Fsp3) is 0.158. The molecule has 2 heterocycles. The lowest BCUT2D eigenvalue weighted by atomic mass is 10.3. The number of nitrogens with one attached hydrogen (secondary N) is 2. The van der Waals surface area contributed by atoms with E-state index in [0.29, 0.717) is 17.9 Å². The maximum atomic E-state index is 12.6. The Morgan fingerprint density at radius 3 is 2.61 bits per heavy atom. The maximum Gasteiger partial charge on any atom is 0.357 e. The number of imide groups is 1. The van der Waals surface area contributed by atoms with Gasteiger partial charge in [0.1, 0.15) is 5.69 Å². The van der Waals surface area contributed by atoms with Crippen molar-refractivity contribution in [2.75, 3.05) is 13.2 Å². The van der Waals surface area contributed by atoms with Crippen molar-refractivity contribution >= 4 is 29.2 Å². The summed E-state index contributed by atoms with van der Waals surface area (Å²) in [6.45, 7) is 1.52. The lowest BCUT2D eigenvalue weighted by Crippen LogP contribution is -2.41. The molecule has 1 aromatic carbocycles. The van der Waals surface area contributed by atoms with Gasteiger partial charge in [-0.3, -0.25) is 10.1 Å². The zero-order valence-electron chi connectivity index (χ0n) is 15.0. The third-order valence-corrected chi connectivity index (χ3v) is 4.51. The van der Waals surface area contributed by atoms with Crippen molar-refractivity contribution in [3.05, 3.63) is 59.6 Å². The van der Waals surface area contributed by atoms with E-state index < -0.39 is 24.5 Å². The van der Waals surface area contributed by atoms with E-state index in [1.807, 2.05) is 47.8 Å². The molecule has 0 aliphatic heterocycles. The summed E-state index contributed by atoms with van der Waals surface area (Å²) in [6, 6.07) is 13.9. The molecule has 9 heteroatoms. The van der Waals surface area contributed by atoms with Crippen molar-refractivity contribution in [3.8, 4) is 16.3 Å². The molecule has 2 N–H and O–H groups in total. The molecule has 0 aliphatic carbocycles. The van der Waals surface area contributed by atoms with Crippen LogP contribution in [0, 0.1) is 0 Å². The number of hydrogen-bond donors (Lipinski definition) is 2. The predicted molar refractivity (Wildman–Crippen MR) is 104 cm³/mol. The summed E-state index contributed by atoms with van der Waals surface area (Å²) in [6.07, 6.45) is 0. The van der Waals surface area contributed by atoms with Crippen LogP contribution in [0.4, 0.5) is 4.79 Å². The Morgan fingerprint density at radius 2 is 1.93 bits per heavy atom. The van der Waals surface area contributed by atoms with E-state index >= 15 is 0 Å². The first-order valence-corrected chi connectivity index (χ1v) is 9.40. The number of hydrogen-bond acceptors (Lipinski definition) is 6. The summed E-state index contributed by atoms with van der Waals surface area (Å²) >= 11 is 1.50. The highest BCUT2D eigenvalue weighted by Gasteiger charge is 2.20. The van der Waals surface area contributed by atoms with Gasteiger partial charge in [-0.05, 0) is 30.5 Å². The number of aromatic nitrogens is 2. The minimum Gasteiger partial charge on any atom is -0.451 e. The van der Waals surface area contributed by atoms with Crippen molar-refractivity contribution in [3.63, 3.8) is 0 Å². The van der Waals surface area contributed by atoms with Crippen LogP contribution in [0.5, 0.6) is 0 Å². The van der Waals surface area contributed by atoms with E-state index in [1.165, 1.54) is 16.0 Å². The first-order chi connectivity index (χ1) is 13.6. The lowest BCUT2D eigenvalue weighted by molar-refractivity contribution is -0.123. The molecular formula is C19H18N4O4S. The fourth-order valence-corrected chi connectivity index (χ4v) is 3.09. The monoisotopic (exact) mass is 398 g/mol. The number of ether oxygens (including phenoxy) is 1. The Kier molecular flexibility index (Phi) is 6.18. The minimum absolute atomic E-state index is 0.181. The molecule has 3 amide bonds. The molecule has 28 heavy (non-hydrogen) atoms. The van der Waals surface area contributed by atoms with Crippen molar-refractivity contribution in [1.29, 1.82) is 0 Å². The number of esters is 1. The molecule has 3 aromatic rings. The van der Waals surface area contributed by atoms with Crippen LogP contribution >= 0.6 is 11.3 Å². The molecule has 8 nitrogen and oxygen atoms in total. The first kappa shape index (κ1) is 19.3. The average Bonchev–Trinajstić information content (AvgIpc) is 3.36. The molecular weight excluding hydrogens is 380 g/mol. The molecule has 0 aliphatic rings. The van der Waals surface area contributed by atoms with Crippen LogP contribution in [-0.4, -0.2) is 40.8 Å². The molecule has 0 radical (unpaired) electrons. The van der Waals surface area contributed by atoms with E-state index in [0.717, 1.165) is 4.88 Å². The largest absolute Gasteiger partial charge is 0.451 e. The van der Waals surface area contributed by atoms with Crippen LogP contribution in [0.15, 0.2) is 53.9 Å². The number of thiophene rings is 1. The third kappa shape index (κ3) is 4.63. The summed E-state index contributed by atoms with van der Waals surface area (Å²) < 4.78 is 6.54. The van der Waals surface area contributed by atoms with Gasteiger partial charge in [0, 0.05) is 12.6 Å². The van der Waals surface area contributed by atoms with Gasteiger partial charge in [-0.2, -0.15) is 5.10 Å². The Labute approximate surface area is 165 Å². The van der Waals surface area contributed by atoms with E-state index in [-0.39, 0.29) is 5.69 Å². The summed E-state index contributed by atoms with van der Waals surface area (Å²) in [5.41, 5.74) is 1.49. The van der Waals surface area contributed by atoms with Crippen LogP contribution in [0.1, 0.15) is 17.4 Å². The second-order valence-electron chi connectivity index (χ2n) is 5.62. The van der Waals surface area contributed by atoms with Gasteiger partial charge in [0.2, 0.25) is 0 Å². The molecule has 0 saturated carbocycles. The minimum atomic E-state index is -0.719. The van der Waals surface area contributed by atoms with Crippen LogP contribution in [0.2, 0.25) is 0 Å². The summed E-state index contributed by atoms with van der Waals surface area (Å²) in [4.78, 5) is 36.6. The summed E-state index contributed by atoms with van der Waals surface area (Å²) in [5.74, 6) is -1.44. The molecule has 0 atom stereocenters. The highest BCUT2D eigenvalue weighted by Crippen LogP contribution is 2.26. The summed E-state index contributed by atoms with van der Waals surface area (Å²) in [7, 11) is 0. The van der Waals surface area contributed by atoms with E-state index in [2.05, 4.69) is 15.7 Å². The molecule has 0 unspecified atom stereocenters. The van der Waals surface area contributed by atoms with Gasteiger partial charge in [-0.25, -0.2) is 14.3 Å². The maximum absolute atomic E-state index is 12.6. The van der Waals surface area contributed by atoms with Gasteiger partial charge in [-0.1, -0.05) is 24.3 Å². The average molecular weight is 398 g/mol. The van der Waals surface area contributed by atoms with Gasteiger partial charge in [0.15, 0.2) is 12.3 Å². The number of nitrogens with zero attached hydrogens (tertiary/aromatic N) is 2. The number of urea groups is 1. The van der Waals surface area contributed by atoms with Crippen LogP contribution < -0.4 is 10.6 Å². The molecule has 0 bridgehead atoms. The SMILES string of the molecule is CCNC(=O)NC(=O)COC(=O)c1cc(-c2cccs2)nn1-c1ccccc1. The number of para-hydroxylation sites is 1. The topological polar surface area (TPSA) is 102 Å². The molecule has 2 aromatic heterocycles. The number of rotatable bonds is 6. The van der Waals surface area contributed by atoms with E-state index in [1.54, 1.807) is 13.0 Å². The Hall–Kier alpha value is -3.46. The third-order valence-electron chi connectivity index (χ3n) is 3.62. The molecule has 3 rings (SSSR count). The number of benzene rings is 1. The smallest absolute Gasteiger partial charge is 0.357 e. The molecule has 0 fully saturated rings. The Bertz CT molecular complexity index is 967. The molecule has 0 spiro atoms. The standard InChI is InChI=1S/C19H18N4O4S/c1-2-20-19(26)21-17(24)12-27-18(25)15-11-14(16-9-6-10-28-16)22-23(15)13-7-4-3-5-8-13/h3-11H,2,12H2,1H3,(H2,20,21,24,26). The zero-order chi connectivity index (χ0) is 19.9. The van der Waals surface area contributed by atoms with Crippen molar-refractivity contribution in [1.82, 2.24) is 20.4 Å². The van der Waals surface area contributed by atoms with Crippen LogP contribution in [0.3, 0.4) is 0 Å². The van der Waals surface area contributed by atoms with Gasteiger partial charge < -0.3 is 10.1 Å². The number of carbonyl (C=O) groups excluding carboxylic acids is 3. The van der Waals surface area contributed by atoms with Crippen molar-refractivity contribution in [2.45, 2.75) is 6.92 Å². The van der Waals surface area contributed by atoms with Crippen LogP contribution in [0.25, 0.3) is 16.3 Å². The Morgan fingerprint density at radius 1 is 1.14 bits per heavy atom. The number of carbonyl (C=O) groups is 3. The van der Waals surface area contributed by atoms with Crippen molar-refractivity contribution in [2.24, 2.45) is 0 Å². The summed E-state index contributed by atoms with van der Waals surface area (Å²) in [5, 5.41) is 10.9. The normalized spacial score (nSPS) is 10.3. The fourth-order valence-electron chi connectivity index (χ4n) is 2.41. The van der Waals surface area contributed by atoms with Crippen molar-refractivity contribution < 1.29 is 19.1 Å². The van der Waals surface area contributed by atoms with E-state index in [9.17, 15) is 14.4 Å². The quantitative estimate of drug-likeness (QED) is 0.622. The second kappa shape index (κ2) is 8.96. The van der Waals surface area contributed by atoms with E-state index in [4.69, 9.17) is 4.74 Å². The predicted octanol–water partition coefficient (Wildman–Crippen LogP) is 2.60. The Balaban J connectivity index is 1.79. The van der Waals surface area contributed by atoms with Crippen LogP contribution in [-0.2, 0) is 9.53 Å². The lowest BCUT2D eigenvalue weighted by Gasteiger charge is -2.08. The highest BCUT2D eigenvalue weighted by atomic mass is 32.1.